The molecule has 1 aliphatic rings. The molecule has 1 heterocycles. The molecule has 0 fully saturated rings. The lowest BCUT2D eigenvalue weighted by Gasteiger charge is -2.35. The van der Waals surface area contributed by atoms with Crippen molar-refractivity contribution in [2.75, 3.05) is 0 Å². The number of aliphatic hydroxyl groups is 1. The molecule has 0 aromatic heterocycles. The van der Waals surface area contributed by atoms with Crippen LogP contribution in [0.3, 0.4) is 0 Å². The van der Waals surface area contributed by atoms with E-state index in [-0.39, 0.29) is 0 Å². The summed E-state index contributed by atoms with van der Waals surface area (Å²) in [5, 5.41) is 12.0. The van der Waals surface area contributed by atoms with Crippen molar-refractivity contribution in [1.29, 1.82) is 0 Å². The van der Waals surface area contributed by atoms with E-state index in [0.29, 0.717) is 0 Å². The molecule has 2 heteroatoms. The third-order valence-corrected chi connectivity index (χ3v) is 5.84. The summed E-state index contributed by atoms with van der Waals surface area (Å²) >= 11 is 0. The number of hydrogen-bond acceptors (Lipinski definition) is 2. The Morgan fingerprint density at radius 1 is 0.552 bits per heavy atom. The highest BCUT2D eigenvalue weighted by molar-refractivity contribution is 5.57. The SMILES string of the molecule is Cc1ccccc1C1(O)OC(c2ccccc2)(c2ccccc2)c2ccccc21. The summed E-state index contributed by atoms with van der Waals surface area (Å²) in [4.78, 5) is 0. The van der Waals surface area contributed by atoms with Crippen molar-refractivity contribution in [3.05, 3.63) is 143 Å². The molecule has 1 N–H and O–H groups in total. The Morgan fingerprint density at radius 3 is 1.55 bits per heavy atom. The summed E-state index contributed by atoms with van der Waals surface area (Å²) in [7, 11) is 0. The van der Waals surface area contributed by atoms with Crippen LogP contribution < -0.4 is 0 Å². The molecule has 1 atom stereocenters. The Kier molecular flexibility index (Phi) is 4.13. The van der Waals surface area contributed by atoms with E-state index >= 15 is 0 Å². The van der Waals surface area contributed by atoms with E-state index in [0.717, 1.165) is 33.4 Å². The van der Waals surface area contributed by atoms with Gasteiger partial charge in [0.25, 0.3) is 0 Å². The topological polar surface area (TPSA) is 29.5 Å². The molecule has 142 valence electrons. The third kappa shape index (κ3) is 2.57. The largest absolute Gasteiger partial charge is 0.358 e. The molecule has 29 heavy (non-hydrogen) atoms. The number of fused-ring (bicyclic) bond motifs is 1. The molecule has 4 aromatic rings. The fourth-order valence-electron chi connectivity index (χ4n) is 4.51. The van der Waals surface area contributed by atoms with Crippen molar-refractivity contribution < 1.29 is 9.84 Å². The number of benzene rings is 4. The van der Waals surface area contributed by atoms with Crippen LogP contribution in [0.1, 0.15) is 33.4 Å². The van der Waals surface area contributed by atoms with Gasteiger partial charge >= 0.3 is 0 Å². The Morgan fingerprint density at radius 2 is 1.00 bits per heavy atom. The zero-order valence-corrected chi connectivity index (χ0v) is 16.2. The molecule has 5 rings (SSSR count). The van der Waals surface area contributed by atoms with Gasteiger partial charge in [-0.15, -0.1) is 0 Å². The van der Waals surface area contributed by atoms with E-state index in [1.165, 1.54) is 0 Å². The van der Waals surface area contributed by atoms with Crippen LogP contribution >= 0.6 is 0 Å². The van der Waals surface area contributed by atoms with Crippen LogP contribution in [0.15, 0.2) is 109 Å². The van der Waals surface area contributed by atoms with Gasteiger partial charge in [0.05, 0.1) is 0 Å². The van der Waals surface area contributed by atoms with Gasteiger partial charge in [-0.3, -0.25) is 0 Å². The summed E-state index contributed by atoms with van der Waals surface area (Å²) < 4.78 is 6.80. The molecule has 0 radical (unpaired) electrons. The summed E-state index contributed by atoms with van der Waals surface area (Å²) in [6.07, 6.45) is 0. The number of rotatable bonds is 3. The third-order valence-electron chi connectivity index (χ3n) is 5.84. The smallest absolute Gasteiger partial charge is 0.222 e. The maximum absolute atomic E-state index is 12.0. The molecule has 0 saturated heterocycles. The van der Waals surface area contributed by atoms with Crippen LogP contribution in [0.5, 0.6) is 0 Å². The summed E-state index contributed by atoms with van der Waals surface area (Å²) in [6, 6.07) is 36.1. The molecule has 0 spiro atoms. The Labute approximate surface area is 171 Å². The first-order chi connectivity index (χ1) is 14.2. The molecule has 1 unspecified atom stereocenters. The fraction of sp³-hybridized carbons (Fsp3) is 0.111. The highest BCUT2D eigenvalue weighted by atomic mass is 16.6. The van der Waals surface area contributed by atoms with Gasteiger partial charge in [0.15, 0.2) is 0 Å². The molecule has 0 amide bonds. The summed E-state index contributed by atoms with van der Waals surface area (Å²) in [5.74, 6) is -1.55. The van der Waals surface area contributed by atoms with Crippen molar-refractivity contribution in [2.45, 2.75) is 18.3 Å². The molecule has 2 nitrogen and oxygen atoms in total. The van der Waals surface area contributed by atoms with Gasteiger partial charge in [-0.25, -0.2) is 0 Å². The molecule has 0 aliphatic carbocycles. The number of hydrogen-bond donors (Lipinski definition) is 1. The number of ether oxygens (including phenoxy) is 1. The van der Waals surface area contributed by atoms with Crippen molar-refractivity contribution in [1.82, 2.24) is 0 Å². The minimum absolute atomic E-state index is 0.765. The average Bonchev–Trinajstić information content (AvgIpc) is 3.06. The lowest BCUT2D eigenvalue weighted by molar-refractivity contribution is -0.209. The minimum Gasteiger partial charge on any atom is -0.358 e. The summed E-state index contributed by atoms with van der Waals surface area (Å²) in [6.45, 7) is 2.00. The van der Waals surface area contributed by atoms with Gasteiger partial charge in [0.2, 0.25) is 5.79 Å². The first-order valence-corrected chi connectivity index (χ1v) is 9.86. The fourth-order valence-corrected chi connectivity index (χ4v) is 4.51. The predicted molar refractivity (Wildman–Crippen MR) is 114 cm³/mol. The van der Waals surface area contributed by atoms with E-state index in [4.69, 9.17) is 4.74 Å². The van der Waals surface area contributed by atoms with Crippen molar-refractivity contribution in [3.63, 3.8) is 0 Å². The van der Waals surface area contributed by atoms with Gasteiger partial charge in [-0.1, -0.05) is 109 Å². The second kappa shape index (κ2) is 6.70. The first-order valence-electron chi connectivity index (χ1n) is 9.86. The first kappa shape index (κ1) is 17.9. The van der Waals surface area contributed by atoms with Gasteiger partial charge in [-0.2, -0.15) is 0 Å². The maximum Gasteiger partial charge on any atom is 0.222 e. The molecule has 0 bridgehead atoms. The normalized spacial score (nSPS) is 19.7. The van der Waals surface area contributed by atoms with Crippen LogP contribution in [-0.4, -0.2) is 5.11 Å². The molecule has 4 aromatic carbocycles. The standard InChI is InChI=1S/C27H22O2/c1-20-12-8-9-17-23(20)27(28)25-19-11-10-18-24(25)26(29-27,21-13-4-2-5-14-21)22-15-6-3-7-16-22/h2-19,28H,1H3. The van der Waals surface area contributed by atoms with Crippen LogP contribution in [0.25, 0.3) is 0 Å². The van der Waals surface area contributed by atoms with E-state index < -0.39 is 11.4 Å². The maximum atomic E-state index is 12.0. The van der Waals surface area contributed by atoms with Gasteiger partial charge in [0.1, 0.15) is 5.60 Å². The van der Waals surface area contributed by atoms with Crippen LogP contribution in [0.2, 0.25) is 0 Å². The van der Waals surface area contributed by atoms with Crippen molar-refractivity contribution >= 4 is 0 Å². The van der Waals surface area contributed by atoms with E-state index in [1.54, 1.807) is 0 Å². The lowest BCUT2D eigenvalue weighted by Crippen LogP contribution is -2.35. The van der Waals surface area contributed by atoms with E-state index in [2.05, 4.69) is 30.3 Å². The second-order valence-electron chi connectivity index (χ2n) is 7.52. The molecule has 0 saturated carbocycles. The Hall–Kier alpha value is -3.20. The average molecular weight is 378 g/mol. The Balaban J connectivity index is 1.86. The lowest BCUT2D eigenvalue weighted by atomic mass is 9.79. The molecular weight excluding hydrogens is 356 g/mol. The van der Waals surface area contributed by atoms with Crippen LogP contribution in [-0.2, 0) is 16.1 Å². The quantitative estimate of drug-likeness (QED) is 0.509. The monoisotopic (exact) mass is 378 g/mol. The summed E-state index contributed by atoms with van der Waals surface area (Å²) in [5.41, 5.74) is 4.57. The van der Waals surface area contributed by atoms with Gasteiger partial charge in [-0.05, 0) is 23.6 Å². The number of aryl methyl sites for hydroxylation is 1. The van der Waals surface area contributed by atoms with E-state index in [9.17, 15) is 5.11 Å². The molecule has 1 aliphatic heterocycles. The molecular formula is C27H22O2. The highest BCUT2D eigenvalue weighted by Crippen LogP contribution is 2.55. The Bertz CT molecular complexity index is 1110. The predicted octanol–water partition coefficient (Wildman–Crippen LogP) is 5.51. The highest BCUT2D eigenvalue weighted by Gasteiger charge is 2.55. The second-order valence-corrected chi connectivity index (χ2v) is 7.52. The van der Waals surface area contributed by atoms with Crippen molar-refractivity contribution in [2.24, 2.45) is 0 Å². The zero-order valence-electron chi connectivity index (χ0n) is 16.2. The van der Waals surface area contributed by atoms with Gasteiger partial charge < -0.3 is 9.84 Å². The van der Waals surface area contributed by atoms with Crippen LogP contribution in [0.4, 0.5) is 0 Å². The van der Waals surface area contributed by atoms with Gasteiger partial charge in [0, 0.05) is 16.7 Å². The van der Waals surface area contributed by atoms with Crippen molar-refractivity contribution in [3.8, 4) is 0 Å². The minimum atomic E-state index is -1.55. The van der Waals surface area contributed by atoms with Crippen LogP contribution in [0, 0.1) is 6.92 Å². The van der Waals surface area contributed by atoms with E-state index in [1.807, 2.05) is 85.8 Å². The zero-order chi connectivity index (χ0) is 19.9.